The Kier molecular flexibility index (Phi) is 5.76. The maximum atomic E-state index is 12.8. The molecule has 164 valence electrons. The second-order valence-corrected chi connectivity index (χ2v) is 10.3. The van der Waals surface area contributed by atoms with Gasteiger partial charge in [-0.1, -0.05) is 31.4 Å². The van der Waals surface area contributed by atoms with Gasteiger partial charge in [-0.3, -0.25) is 9.59 Å². The van der Waals surface area contributed by atoms with Crippen molar-refractivity contribution in [3.63, 3.8) is 0 Å². The fourth-order valence-corrected chi connectivity index (χ4v) is 6.32. The summed E-state index contributed by atoms with van der Waals surface area (Å²) in [4.78, 5) is 27.4. The van der Waals surface area contributed by atoms with Crippen LogP contribution in [-0.4, -0.2) is 49.4 Å². The van der Waals surface area contributed by atoms with Crippen molar-refractivity contribution in [2.75, 3.05) is 11.9 Å². The Bertz CT molecular complexity index is 929. The first-order chi connectivity index (χ1) is 14.3. The minimum atomic E-state index is -3.68. The summed E-state index contributed by atoms with van der Waals surface area (Å²) in [6.07, 6.45) is 6.30. The Morgan fingerprint density at radius 1 is 1.20 bits per heavy atom. The number of sulfonamides is 1. The van der Waals surface area contributed by atoms with E-state index in [1.807, 2.05) is 0 Å². The highest BCUT2D eigenvalue weighted by molar-refractivity contribution is 7.89. The molecule has 9 heteroatoms. The van der Waals surface area contributed by atoms with E-state index in [1.165, 1.54) is 6.42 Å². The molecule has 1 aliphatic carbocycles. The number of amides is 2. The van der Waals surface area contributed by atoms with E-state index in [4.69, 9.17) is 0 Å². The van der Waals surface area contributed by atoms with Crippen molar-refractivity contribution in [2.45, 2.75) is 80.9 Å². The summed E-state index contributed by atoms with van der Waals surface area (Å²) >= 11 is 0. The highest BCUT2D eigenvalue weighted by atomic mass is 32.2. The molecule has 2 aliphatic heterocycles. The first-order valence-corrected chi connectivity index (χ1v) is 12.3. The van der Waals surface area contributed by atoms with Gasteiger partial charge in [-0.2, -0.15) is 4.72 Å². The predicted octanol–water partition coefficient (Wildman–Crippen LogP) is 1.94. The van der Waals surface area contributed by atoms with Crippen LogP contribution in [-0.2, 0) is 19.6 Å². The molecule has 1 saturated carbocycles. The molecule has 3 aliphatic rings. The Hall–Kier alpha value is -2.13. The van der Waals surface area contributed by atoms with Crippen LogP contribution in [0.5, 0.6) is 0 Å². The molecule has 2 amide bonds. The molecule has 1 saturated heterocycles. The molecule has 3 N–H and O–H groups in total. The molecule has 0 unspecified atom stereocenters. The van der Waals surface area contributed by atoms with E-state index < -0.39 is 21.7 Å². The molecule has 2 heterocycles. The van der Waals surface area contributed by atoms with E-state index in [9.17, 15) is 18.0 Å². The first kappa shape index (κ1) is 21.1. The third-order valence-electron chi connectivity index (χ3n) is 6.54. The van der Waals surface area contributed by atoms with Gasteiger partial charge >= 0.3 is 0 Å². The average molecular weight is 435 g/mol. The van der Waals surface area contributed by atoms with Gasteiger partial charge in [0.05, 0.1) is 5.69 Å². The average Bonchev–Trinajstić information content (AvgIpc) is 2.87. The molecule has 0 aromatic heterocycles. The van der Waals surface area contributed by atoms with Gasteiger partial charge in [0, 0.05) is 25.4 Å². The smallest absolute Gasteiger partial charge is 0.244 e. The zero-order valence-corrected chi connectivity index (χ0v) is 18.1. The maximum Gasteiger partial charge on any atom is 0.244 e. The predicted molar refractivity (Wildman–Crippen MR) is 113 cm³/mol. The fraction of sp³-hybridized carbons (Fsp3) is 0.619. The number of carbonyl (C=O) groups excluding carboxylic acids is 2. The topological polar surface area (TPSA) is 108 Å². The summed E-state index contributed by atoms with van der Waals surface area (Å²) < 4.78 is 28.3. The number of likely N-dealkylation sites (tertiary alicyclic amines) is 1. The van der Waals surface area contributed by atoms with E-state index in [2.05, 4.69) is 15.4 Å². The monoisotopic (exact) mass is 434 g/mol. The number of rotatable bonds is 3. The van der Waals surface area contributed by atoms with Crippen molar-refractivity contribution >= 4 is 27.5 Å². The fourth-order valence-electron chi connectivity index (χ4n) is 4.77. The van der Waals surface area contributed by atoms with Gasteiger partial charge in [0.15, 0.2) is 0 Å². The lowest BCUT2D eigenvalue weighted by Crippen LogP contribution is -2.57. The third-order valence-corrected chi connectivity index (χ3v) is 8.14. The number of fused-ring (bicyclic) bond motifs is 1. The number of hydrogen-bond donors (Lipinski definition) is 3. The summed E-state index contributed by atoms with van der Waals surface area (Å²) in [5, 5.41) is 6.41. The van der Waals surface area contributed by atoms with Crippen LogP contribution in [0.3, 0.4) is 0 Å². The van der Waals surface area contributed by atoms with Gasteiger partial charge in [0.25, 0.3) is 0 Å². The normalized spacial score (nSPS) is 27.6. The molecule has 2 fully saturated rings. The molecule has 0 radical (unpaired) electrons. The van der Waals surface area contributed by atoms with Gasteiger partial charge in [-0.25, -0.2) is 8.42 Å². The van der Waals surface area contributed by atoms with Crippen LogP contribution in [0, 0.1) is 0 Å². The van der Waals surface area contributed by atoms with Crippen molar-refractivity contribution in [1.29, 1.82) is 0 Å². The number of hydrogen-bond acceptors (Lipinski definition) is 5. The van der Waals surface area contributed by atoms with Crippen LogP contribution in [0.2, 0.25) is 0 Å². The highest BCUT2D eigenvalue weighted by Gasteiger charge is 2.44. The summed E-state index contributed by atoms with van der Waals surface area (Å²) in [5.74, 6) is -0.258. The Labute approximate surface area is 177 Å². The molecule has 30 heavy (non-hydrogen) atoms. The van der Waals surface area contributed by atoms with Gasteiger partial charge < -0.3 is 15.5 Å². The standard InChI is InChI=1S/C21H30N4O4S/c1-15(20(27)22-16-7-3-2-4-8-16)25-14-13-21(12-11-19(25)26)23-17-9-5-6-10-18(17)30(28,29)24-21/h5-6,9-10,15-16,23-24H,2-4,7-8,11-14H2,1H3,(H,22,27)/t15-,21-/m0/s1. The van der Waals surface area contributed by atoms with Crippen molar-refractivity contribution < 1.29 is 18.0 Å². The highest BCUT2D eigenvalue weighted by Crippen LogP contribution is 2.35. The van der Waals surface area contributed by atoms with Crippen molar-refractivity contribution in [3.8, 4) is 0 Å². The SMILES string of the molecule is C[C@@H](C(=O)NC1CCCCC1)N1CC[C@@]2(CCC1=O)Nc1ccccc1S(=O)(=O)N2. The van der Waals surface area contributed by atoms with E-state index in [-0.39, 0.29) is 29.2 Å². The van der Waals surface area contributed by atoms with Crippen molar-refractivity contribution in [2.24, 2.45) is 0 Å². The lowest BCUT2D eigenvalue weighted by atomic mass is 9.95. The second kappa shape index (κ2) is 8.19. The summed E-state index contributed by atoms with van der Waals surface area (Å²) in [5.41, 5.74) is -0.391. The van der Waals surface area contributed by atoms with Gasteiger partial charge in [-0.15, -0.1) is 0 Å². The number of nitrogens with zero attached hydrogens (tertiary/aromatic N) is 1. The van der Waals surface area contributed by atoms with Crippen LogP contribution in [0.4, 0.5) is 5.69 Å². The molecular weight excluding hydrogens is 404 g/mol. The van der Waals surface area contributed by atoms with Gasteiger partial charge in [0.1, 0.15) is 16.6 Å². The van der Waals surface area contributed by atoms with E-state index in [1.54, 1.807) is 36.1 Å². The van der Waals surface area contributed by atoms with Gasteiger partial charge in [0.2, 0.25) is 21.8 Å². The van der Waals surface area contributed by atoms with Crippen molar-refractivity contribution in [3.05, 3.63) is 24.3 Å². The summed E-state index contributed by atoms with van der Waals surface area (Å²) in [6, 6.07) is 6.37. The second-order valence-electron chi connectivity index (χ2n) is 8.67. The number of anilines is 1. The number of benzene rings is 1. The number of carbonyl (C=O) groups is 2. The van der Waals surface area contributed by atoms with Crippen LogP contribution in [0.1, 0.15) is 58.3 Å². The minimum absolute atomic E-state index is 0.127. The van der Waals surface area contributed by atoms with E-state index in [0.29, 0.717) is 25.1 Å². The minimum Gasteiger partial charge on any atom is -0.365 e. The zero-order chi connectivity index (χ0) is 21.4. The third kappa shape index (κ3) is 4.18. The Morgan fingerprint density at radius 2 is 1.93 bits per heavy atom. The van der Waals surface area contributed by atoms with Crippen molar-refractivity contribution in [1.82, 2.24) is 14.9 Å². The summed E-state index contributed by atoms with van der Waals surface area (Å²) in [6.45, 7) is 2.05. The molecule has 1 spiro atoms. The Balaban J connectivity index is 1.47. The molecular formula is C21H30N4O4S. The molecule has 0 bridgehead atoms. The number of nitrogens with one attached hydrogen (secondary N) is 3. The quantitative estimate of drug-likeness (QED) is 0.674. The van der Waals surface area contributed by atoms with Crippen LogP contribution < -0.4 is 15.4 Å². The largest absolute Gasteiger partial charge is 0.365 e. The maximum absolute atomic E-state index is 12.8. The molecule has 8 nitrogen and oxygen atoms in total. The summed E-state index contributed by atoms with van der Waals surface area (Å²) in [7, 11) is -3.68. The van der Waals surface area contributed by atoms with Crippen LogP contribution in [0.25, 0.3) is 0 Å². The molecule has 1 aromatic rings. The van der Waals surface area contributed by atoms with Crippen LogP contribution >= 0.6 is 0 Å². The van der Waals surface area contributed by atoms with E-state index in [0.717, 1.165) is 25.7 Å². The lowest BCUT2D eigenvalue weighted by molar-refractivity contribution is -0.139. The molecule has 1 aromatic carbocycles. The zero-order valence-electron chi connectivity index (χ0n) is 17.3. The molecule has 4 rings (SSSR count). The number of para-hydroxylation sites is 1. The van der Waals surface area contributed by atoms with E-state index >= 15 is 0 Å². The molecule has 2 atom stereocenters. The van der Waals surface area contributed by atoms with Crippen LogP contribution in [0.15, 0.2) is 29.2 Å². The Morgan fingerprint density at radius 3 is 2.70 bits per heavy atom. The van der Waals surface area contributed by atoms with Gasteiger partial charge in [-0.05, 0) is 38.3 Å². The lowest BCUT2D eigenvalue weighted by Gasteiger charge is -2.39. The first-order valence-electron chi connectivity index (χ1n) is 10.8.